The topological polar surface area (TPSA) is 72.2 Å². The van der Waals surface area contributed by atoms with Gasteiger partial charge in [-0.15, -0.1) is 10.2 Å². The first-order valence-corrected chi connectivity index (χ1v) is 6.24. The van der Waals surface area contributed by atoms with Crippen LogP contribution in [-0.2, 0) is 6.54 Å². The molecule has 0 aliphatic heterocycles. The van der Waals surface area contributed by atoms with E-state index in [9.17, 15) is 9.18 Å². The van der Waals surface area contributed by atoms with Crippen LogP contribution in [0.5, 0.6) is 0 Å². The van der Waals surface area contributed by atoms with Crippen LogP contribution in [0.3, 0.4) is 0 Å². The lowest BCUT2D eigenvalue weighted by atomic mass is 10.2. The summed E-state index contributed by atoms with van der Waals surface area (Å²) in [6.07, 6.45) is 1.48. The van der Waals surface area contributed by atoms with Crippen molar-refractivity contribution >= 4 is 22.2 Å². The zero-order valence-electron chi connectivity index (χ0n) is 9.58. The van der Waals surface area contributed by atoms with Gasteiger partial charge in [0.25, 0.3) is 5.91 Å². The standard InChI is InChI=1S/C11H8FN5OS/c12-8-4-2-1-3-7(8)10(18)13-5-9-16-17-6-14-15-11(17)19-9/h1-4,6H,5H2,(H,13,18). The lowest BCUT2D eigenvalue weighted by molar-refractivity contribution is 0.0946. The summed E-state index contributed by atoms with van der Waals surface area (Å²) in [4.78, 5) is 12.4. The molecule has 1 aromatic carbocycles. The summed E-state index contributed by atoms with van der Waals surface area (Å²) in [5.41, 5.74) is 0.0190. The molecule has 3 rings (SSSR count). The van der Waals surface area contributed by atoms with Crippen LogP contribution < -0.4 is 5.32 Å². The molecule has 0 unspecified atom stereocenters. The minimum atomic E-state index is -0.543. The Hall–Kier alpha value is -2.35. The van der Waals surface area contributed by atoms with E-state index in [1.807, 2.05) is 0 Å². The van der Waals surface area contributed by atoms with Crippen molar-refractivity contribution < 1.29 is 9.18 Å². The highest BCUT2D eigenvalue weighted by Gasteiger charge is 2.12. The Balaban J connectivity index is 1.71. The van der Waals surface area contributed by atoms with Crippen molar-refractivity contribution in [3.8, 4) is 0 Å². The molecule has 19 heavy (non-hydrogen) atoms. The van der Waals surface area contributed by atoms with E-state index in [0.29, 0.717) is 9.97 Å². The van der Waals surface area contributed by atoms with Crippen molar-refractivity contribution in [3.63, 3.8) is 0 Å². The molecule has 2 aromatic heterocycles. The van der Waals surface area contributed by atoms with Gasteiger partial charge >= 0.3 is 0 Å². The Bertz CT molecular complexity index is 709. The smallest absolute Gasteiger partial charge is 0.254 e. The second-order valence-corrected chi connectivity index (χ2v) is 4.76. The molecule has 0 saturated carbocycles. The van der Waals surface area contributed by atoms with Crippen molar-refractivity contribution in [2.75, 3.05) is 0 Å². The van der Waals surface area contributed by atoms with Gasteiger partial charge in [0.1, 0.15) is 17.2 Å². The lowest BCUT2D eigenvalue weighted by Gasteiger charge is -2.03. The number of amides is 1. The number of carbonyl (C=O) groups excluding carboxylic acids is 1. The molecular formula is C11H8FN5OS. The summed E-state index contributed by atoms with van der Waals surface area (Å²) in [6.45, 7) is 0.223. The maximum absolute atomic E-state index is 13.4. The van der Waals surface area contributed by atoms with Crippen LogP contribution in [0.1, 0.15) is 15.4 Å². The summed E-state index contributed by atoms with van der Waals surface area (Å²) in [6, 6.07) is 5.83. The third-order valence-electron chi connectivity index (χ3n) is 2.45. The van der Waals surface area contributed by atoms with Crippen molar-refractivity contribution in [1.29, 1.82) is 0 Å². The molecule has 0 atom stereocenters. The van der Waals surface area contributed by atoms with Crippen LogP contribution in [-0.4, -0.2) is 25.7 Å². The van der Waals surface area contributed by atoms with Crippen LogP contribution in [0, 0.1) is 5.82 Å². The first kappa shape index (κ1) is 11.7. The Morgan fingerprint density at radius 2 is 2.26 bits per heavy atom. The van der Waals surface area contributed by atoms with Crippen LogP contribution in [0.4, 0.5) is 4.39 Å². The SMILES string of the molecule is O=C(NCc1nn2cnnc2s1)c1ccccc1F. The molecule has 0 radical (unpaired) electrons. The number of carbonyl (C=O) groups is 1. The predicted octanol–water partition coefficient (Wildman–Crippen LogP) is 1.25. The number of aromatic nitrogens is 4. The van der Waals surface area contributed by atoms with Gasteiger partial charge in [-0.25, -0.2) is 4.39 Å². The van der Waals surface area contributed by atoms with Gasteiger partial charge in [0.2, 0.25) is 4.96 Å². The maximum atomic E-state index is 13.4. The van der Waals surface area contributed by atoms with Gasteiger partial charge in [0.05, 0.1) is 12.1 Å². The normalized spacial score (nSPS) is 10.8. The number of benzene rings is 1. The first-order valence-electron chi connectivity index (χ1n) is 5.42. The summed E-state index contributed by atoms with van der Waals surface area (Å²) >= 11 is 1.32. The number of hydrogen-bond acceptors (Lipinski definition) is 5. The monoisotopic (exact) mass is 277 g/mol. The van der Waals surface area contributed by atoms with Gasteiger partial charge < -0.3 is 5.32 Å². The van der Waals surface area contributed by atoms with Crippen LogP contribution in [0.25, 0.3) is 4.96 Å². The van der Waals surface area contributed by atoms with Gasteiger partial charge in [-0.05, 0) is 12.1 Å². The van der Waals surface area contributed by atoms with E-state index < -0.39 is 11.7 Å². The van der Waals surface area contributed by atoms with Gasteiger partial charge in [0, 0.05) is 0 Å². The van der Waals surface area contributed by atoms with E-state index in [0.717, 1.165) is 0 Å². The fraction of sp³-hybridized carbons (Fsp3) is 0.0909. The Morgan fingerprint density at radius 3 is 3.05 bits per heavy atom. The zero-order valence-corrected chi connectivity index (χ0v) is 10.4. The van der Waals surface area contributed by atoms with Crippen molar-refractivity contribution in [3.05, 3.63) is 47.0 Å². The number of rotatable bonds is 3. The molecule has 1 N–H and O–H groups in total. The minimum absolute atomic E-state index is 0.0190. The highest BCUT2D eigenvalue weighted by Crippen LogP contribution is 2.12. The first-order chi connectivity index (χ1) is 9.24. The van der Waals surface area contributed by atoms with Crippen molar-refractivity contribution in [1.82, 2.24) is 25.1 Å². The quantitative estimate of drug-likeness (QED) is 0.782. The zero-order chi connectivity index (χ0) is 13.2. The molecule has 1 amide bonds. The van der Waals surface area contributed by atoms with E-state index in [-0.39, 0.29) is 12.1 Å². The number of halogens is 1. The van der Waals surface area contributed by atoms with Gasteiger partial charge in [-0.1, -0.05) is 23.5 Å². The van der Waals surface area contributed by atoms with Crippen molar-refractivity contribution in [2.45, 2.75) is 6.54 Å². The van der Waals surface area contributed by atoms with Gasteiger partial charge in [-0.3, -0.25) is 4.79 Å². The van der Waals surface area contributed by atoms with E-state index in [2.05, 4.69) is 20.6 Å². The molecule has 8 heteroatoms. The summed E-state index contributed by atoms with van der Waals surface area (Å²) in [7, 11) is 0. The molecule has 0 aliphatic rings. The average molecular weight is 277 g/mol. The molecule has 0 fully saturated rings. The Kier molecular flexibility index (Phi) is 2.92. The number of nitrogens with zero attached hydrogens (tertiary/aromatic N) is 4. The number of fused-ring (bicyclic) bond motifs is 1. The molecule has 6 nitrogen and oxygen atoms in total. The van der Waals surface area contributed by atoms with E-state index >= 15 is 0 Å². The molecule has 2 heterocycles. The lowest BCUT2D eigenvalue weighted by Crippen LogP contribution is -2.23. The Morgan fingerprint density at radius 1 is 1.42 bits per heavy atom. The molecular weight excluding hydrogens is 269 g/mol. The largest absolute Gasteiger partial charge is 0.345 e. The maximum Gasteiger partial charge on any atom is 0.254 e. The number of nitrogens with one attached hydrogen (secondary N) is 1. The predicted molar refractivity (Wildman–Crippen MR) is 66.2 cm³/mol. The third-order valence-corrected chi connectivity index (χ3v) is 3.36. The van der Waals surface area contributed by atoms with Crippen LogP contribution >= 0.6 is 11.3 Å². The molecule has 96 valence electrons. The second kappa shape index (κ2) is 4.73. The second-order valence-electron chi connectivity index (χ2n) is 3.72. The Labute approximate surface area is 110 Å². The van der Waals surface area contributed by atoms with Gasteiger partial charge in [0.15, 0.2) is 0 Å². The molecule has 3 aromatic rings. The molecule has 0 spiro atoms. The minimum Gasteiger partial charge on any atom is -0.345 e. The molecule has 0 saturated heterocycles. The average Bonchev–Trinajstić information content (AvgIpc) is 2.97. The number of hydrogen-bond donors (Lipinski definition) is 1. The highest BCUT2D eigenvalue weighted by atomic mass is 32.1. The van der Waals surface area contributed by atoms with E-state index in [4.69, 9.17) is 0 Å². The fourth-order valence-electron chi connectivity index (χ4n) is 1.57. The fourth-order valence-corrected chi connectivity index (χ4v) is 2.32. The summed E-state index contributed by atoms with van der Waals surface area (Å²) < 4.78 is 14.9. The van der Waals surface area contributed by atoms with Crippen LogP contribution in [0.2, 0.25) is 0 Å². The third kappa shape index (κ3) is 2.29. The van der Waals surface area contributed by atoms with E-state index in [1.165, 1.54) is 40.4 Å². The molecule has 0 aliphatic carbocycles. The summed E-state index contributed by atoms with van der Waals surface area (Å²) in [5, 5.41) is 15.0. The van der Waals surface area contributed by atoms with Gasteiger partial charge in [-0.2, -0.15) is 9.61 Å². The molecule has 0 bridgehead atoms. The highest BCUT2D eigenvalue weighted by molar-refractivity contribution is 7.16. The van der Waals surface area contributed by atoms with Crippen LogP contribution in [0.15, 0.2) is 30.6 Å². The summed E-state index contributed by atoms with van der Waals surface area (Å²) in [5.74, 6) is -1.01. The van der Waals surface area contributed by atoms with E-state index in [1.54, 1.807) is 6.07 Å². The van der Waals surface area contributed by atoms with Crippen molar-refractivity contribution in [2.24, 2.45) is 0 Å².